The molecule has 3 aromatic heterocycles. The largest absolute Gasteiger partial charge is 0.487 e. The highest BCUT2D eigenvalue weighted by Crippen LogP contribution is 2.35. The monoisotopic (exact) mass is 463 g/mol. The molecule has 4 aromatic rings. The summed E-state index contributed by atoms with van der Waals surface area (Å²) >= 11 is 1.72. The Morgan fingerprint density at radius 1 is 1.06 bits per heavy atom. The molecule has 1 aliphatic rings. The summed E-state index contributed by atoms with van der Waals surface area (Å²) in [6.07, 6.45) is 10.4. The molecule has 0 amide bonds. The SMILES string of the molecule is CCc1cnc(OC2CCC(c3nc(COc4ccc(-n5cnnn5)cc4)cs3)CC2)nc1. The Morgan fingerprint density at radius 2 is 1.85 bits per heavy atom. The van der Waals surface area contributed by atoms with Gasteiger partial charge in [-0.25, -0.2) is 19.6 Å². The van der Waals surface area contributed by atoms with Gasteiger partial charge >= 0.3 is 6.01 Å². The Hall–Kier alpha value is -3.40. The molecule has 0 radical (unpaired) electrons. The molecule has 1 fully saturated rings. The van der Waals surface area contributed by atoms with Crippen LogP contribution in [-0.2, 0) is 13.0 Å². The molecule has 0 atom stereocenters. The van der Waals surface area contributed by atoms with Gasteiger partial charge in [0.2, 0.25) is 0 Å². The number of hydrogen-bond donors (Lipinski definition) is 0. The summed E-state index contributed by atoms with van der Waals surface area (Å²) in [5, 5.41) is 14.5. The predicted octanol–water partition coefficient (Wildman–Crippen LogP) is 4.16. The quantitative estimate of drug-likeness (QED) is 0.384. The van der Waals surface area contributed by atoms with Gasteiger partial charge in [-0.05, 0) is 72.4 Å². The number of aryl methyl sites for hydroxylation is 1. The fraction of sp³-hybridized carbons (Fsp3) is 0.391. The average Bonchev–Trinajstić information content (AvgIpc) is 3.57. The van der Waals surface area contributed by atoms with Gasteiger partial charge in [0.05, 0.1) is 16.4 Å². The van der Waals surface area contributed by atoms with Crippen molar-refractivity contribution in [1.29, 1.82) is 0 Å². The summed E-state index contributed by atoms with van der Waals surface area (Å²) in [6.45, 7) is 2.54. The van der Waals surface area contributed by atoms with E-state index in [2.05, 4.69) is 37.8 Å². The lowest BCUT2D eigenvalue weighted by Gasteiger charge is -2.27. The number of thiazole rings is 1. The highest BCUT2D eigenvalue weighted by Gasteiger charge is 2.26. The van der Waals surface area contributed by atoms with Gasteiger partial charge < -0.3 is 9.47 Å². The molecule has 33 heavy (non-hydrogen) atoms. The minimum Gasteiger partial charge on any atom is -0.487 e. The van der Waals surface area contributed by atoms with E-state index in [1.807, 2.05) is 36.7 Å². The highest BCUT2D eigenvalue weighted by molar-refractivity contribution is 7.09. The number of aromatic nitrogens is 7. The Morgan fingerprint density at radius 3 is 2.55 bits per heavy atom. The van der Waals surface area contributed by atoms with Crippen LogP contribution in [0.25, 0.3) is 5.69 Å². The number of tetrazole rings is 1. The summed E-state index contributed by atoms with van der Waals surface area (Å²) < 4.78 is 13.5. The molecule has 9 nitrogen and oxygen atoms in total. The first-order valence-electron chi connectivity index (χ1n) is 11.1. The molecule has 3 heterocycles. The van der Waals surface area contributed by atoms with Gasteiger partial charge in [-0.15, -0.1) is 16.4 Å². The summed E-state index contributed by atoms with van der Waals surface area (Å²) in [5.41, 5.74) is 2.96. The molecule has 1 aliphatic carbocycles. The van der Waals surface area contributed by atoms with Gasteiger partial charge in [-0.1, -0.05) is 6.92 Å². The third-order valence-electron chi connectivity index (χ3n) is 5.79. The standard InChI is InChI=1S/C23H25N7O2S/c1-2-16-11-24-23(25-12-16)32-21-7-3-17(4-8-21)22-27-18(14-33-22)13-31-20-9-5-19(6-10-20)30-15-26-28-29-30/h5-6,9-12,14-15,17,21H,2-4,7-8,13H2,1H3. The van der Waals surface area contributed by atoms with Crippen LogP contribution in [0.4, 0.5) is 0 Å². The second-order valence-electron chi connectivity index (χ2n) is 8.03. The molecular formula is C23H25N7O2S. The van der Waals surface area contributed by atoms with Gasteiger partial charge in [0, 0.05) is 23.7 Å². The number of benzene rings is 1. The topological polar surface area (TPSA) is 101 Å². The van der Waals surface area contributed by atoms with E-state index >= 15 is 0 Å². The number of nitrogens with zero attached hydrogens (tertiary/aromatic N) is 7. The Labute approximate surface area is 195 Å². The summed E-state index contributed by atoms with van der Waals surface area (Å²) in [6, 6.07) is 8.13. The van der Waals surface area contributed by atoms with Gasteiger partial charge in [-0.2, -0.15) is 0 Å². The van der Waals surface area contributed by atoms with Crippen molar-refractivity contribution in [1.82, 2.24) is 35.2 Å². The summed E-state index contributed by atoms with van der Waals surface area (Å²) in [7, 11) is 0. The van der Waals surface area contributed by atoms with Gasteiger partial charge in [0.25, 0.3) is 0 Å². The van der Waals surface area contributed by atoms with Crippen LogP contribution < -0.4 is 9.47 Å². The van der Waals surface area contributed by atoms with E-state index in [0.29, 0.717) is 18.5 Å². The minimum absolute atomic E-state index is 0.174. The van der Waals surface area contributed by atoms with E-state index in [-0.39, 0.29) is 6.10 Å². The maximum absolute atomic E-state index is 5.99. The average molecular weight is 464 g/mol. The van der Waals surface area contributed by atoms with Crippen molar-refractivity contribution in [2.75, 3.05) is 0 Å². The molecule has 0 saturated heterocycles. The normalized spacial score (nSPS) is 18.2. The van der Waals surface area contributed by atoms with Crippen LogP contribution in [0.1, 0.15) is 54.8 Å². The Balaban J connectivity index is 1.10. The van der Waals surface area contributed by atoms with Crippen LogP contribution in [0.3, 0.4) is 0 Å². The van der Waals surface area contributed by atoms with Crippen LogP contribution in [0, 0.1) is 0 Å². The number of ether oxygens (including phenoxy) is 2. The van der Waals surface area contributed by atoms with Gasteiger partial charge in [-0.3, -0.25) is 0 Å². The van der Waals surface area contributed by atoms with Crippen LogP contribution in [-0.4, -0.2) is 41.3 Å². The molecule has 0 unspecified atom stereocenters. The van der Waals surface area contributed by atoms with Crippen LogP contribution in [0.2, 0.25) is 0 Å². The molecule has 0 bridgehead atoms. The zero-order valence-electron chi connectivity index (χ0n) is 18.4. The molecule has 1 aromatic carbocycles. The van der Waals surface area contributed by atoms with Crippen molar-refractivity contribution < 1.29 is 9.47 Å². The van der Waals surface area contributed by atoms with Crippen LogP contribution in [0.15, 0.2) is 48.4 Å². The molecule has 1 saturated carbocycles. The summed E-state index contributed by atoms with van der Waals surface area (Å²) in [4.78, 5) is 13.5. The van der Waals surface area contributed by atoms with Gasteiger partial charge in [0.15, 0.2) is 0 Å². The molecule has 0 N–H and O–H groups in total. The third kappa shape index (κ3) is 5.33. The molecular weight excluding hydrogens is 438 g/mol. The summed E-state index contributed by atoms with van der Waals surface area (Å²) in [5.74, 6) is 1.26. The van der Waals surface area contributed by atoms with Crippen molar-refractivity contribution >= 4 is 11.3 Å². The predicted molar refractivity (Wildman–Crippen MR) is 123 cm³/mol. The van der Waals surface area contributed by atoms with Crippen molar-refractivity contribution in [3.05, 3.63) is 64.6 Å². The first kappa shape index (κ1) is 21.4. The fourth-order valence-electron chi connectivity index (χ4n) is 3.87. The number of rotatable bonds is 8. The lowest BCUT2D eigenvalue weighted by Crippen LogP contribution is -2.24. The molecule has 5 rings (SSSR count). The zero-order valence-corrected chi connectivity index (χ0v) is 19.2. The molecule has 10 heteroatoms. The van der Waals surface area contributed by atoms with Crippen molar-refractivity contribution in [3.8, 4) is 17.4 Å². The zero-order chi connectivity index (χ0) is 22.5. The smallest absolute Gasteiger partial charge is 0.316 e. The van der Waals surface area contributed by atoms with Crippen LogP contribution >= 0.6 is 11.3 Å². The van der Waals surface area contributed by atoms with E-state index in [1.165, 1.54) is 5.01 Å². The minimum atomic E-state index is 0.174. The second kappa shape index (κ2) is 10.0. The van der Waals surface area contributed by atoms with Crippen molar-refractivity contribution in [2.24, 2.45) is 0 Å². The van der Waals surface area contributed by atoms with E-state index in [4.69, 9.17) is 14.5 Å². The lowest BCUT2D eigenvalue weighted by atomic mass is 9.88. The van der Waals surface area contributed by atoms with Crippen molar-refractivity contribution in [2.45, 2.75) is 57.7 Å². The first-order chi connectivity index (χ1) is 16.3. The van der Waals surface area contributed by atoms with E-state index in [0.717, 1.165) is 54.8 Å². The number of hydrogen-bond acceptors (Lipinski definition) is 9. The molecule has 0 spiro atoms. The highest BCUT2D eigenvalue weighted by atomic mass is 32.1. The second-order valence-corrected chi connectivity index (χ2v) is 8.92. The van der Waals surface area contributed by atoms with E-state index < -0.39 is 0 Å². The van der Waals surface area contributed by atoms with Crippen LogP contribution in [0.5, 0.6) is 11.8 Å². The molecule has 170 valence electrons. The Kier molecular flexibility index (Phi) is 6.52. The van der Waals surface area contributed by atoms with Gasteiger partial charge in [0.1, 0.15) is 24.8 Å². The molecule has 0 aliphatic heterocycles. The van der Waals surface area contributed by atoms with Crippen molar-refractivity contribution in [3.63, 3.8) is 0 Å². The van der Waals surface area contributed by atoms with E-state index in [9.17, 15) is 0 Å². The Bertz CT molecular complexity index is 1140. The van der Waals surface area contributed by atoms with E-state index in [1.54, 1.807) is 22.3 Å². The maximum atomic E-state index is 5.99. The lowest BCUT2D eigenvalue weighted by molar-refractivity contribution is 0.134. The third-order valence-corrected chi connectivity index (χ3v) is 6.85. The fourth-order valence-corrected chi connectivity index (χ4v) is 4.85. The first-order valence-corrected chi connectivity index (χ1v) is 12.0. The maximum Gasteiger partial charge on any atom is 0.316 e.